The Morgan fingerprint density at radius 3 is 2.81 bits per heavy atom. The van der Waals surface area contributed by atoms with Gasteiger partial charge in [0.15, 0.2) is 5.11 Å². The molecule has 2 amide bonds. The molecule has 0 aliphatic carbocycles. The topological polar surface area (TPSA) is 106 Å². The van der Waals surface area contributed by atoms with Gasteiger partial charge in [-0.1, -0.05) is 13.0 Å². The first-order valence-electron chi connectivity index (χ1n) is 10.3. The van der Waals surface area contributed by atoms with Crippen molar-refractivity contribution in [2.75, 3.05) is 39.5 Å². The third kappa shape index (κ3) is 7.80. The summed E-state index contributed by atoms with van der Waals surface area (Å²) in [6.45, 7) is 6.03. The van der Waals surface area contributed by atoms with E-state index >= 15 is 0 Å². The van der Waals surface area contributed by atoms with Crippen LogP contribution in [0.25, 0.3) is 0 Å². The van der Waals surface area contributed by atoms with Crippen molar-refractivity contribution in [3.8, 4) is 5.75 Å². The number of nitrogens with zero attached hydrogens (tertiary/aromatic N) is 1. The monoisotopic (exact) mass is 451 g/mol. The zero-order chi connectivity index (χ0) is 22.6. The number of benzene rings is 1. The quantitative estimate of drug-likeness (QED) is 0.311. The summed E-state index contributed by atoms with van der Waals surface area (Å²) in [7, 11) is 0. The lowest BCUT2D eigenvalue weighted by Gasteiger charge is -2.36. The lowest BCUT2D eigenvalue weighted by molar-refractivity contribution is -0.148. The Morgan fingerprint density at radius 2 is 2.06 bits per heavy atom. The predicted octanol–water partition coefficient (Wildman–Crippen LogP) is 1.26. The third-order valence-electron chi connectivity index (χ3n) is 4.44. The fourth-order valence-electron chi connectivity index (χ4n) is 2.92. The molecule has 1 fully saturated rings. The number of thiocarbonyl (C=S) groups is 1. The molecule has 9 nitrogen and oxygen atoms in total. The molecule has 10 heteroatoms. The summed E-state index contributed by atoms with van der Waals surface area (Å²) in [6.07, 6.45) is 0.668. The predicted molar refractivity (Wildman–Crippen MR) is 118 cm³/mol. The number of esters is 1. The average Bonchev–Trinajstić information content (AvgIpc) is 2.76. The summed E-state index contributed by atoms with van der Waals surface area (Å²) >= 11 is 5.37. The summed E-state index contributed by atoms with van der Waals surface area (Å²) in [6, 6.07) is 5.91. The minimum atomic E-state index is -0.861. The van der Waals surface area contributed by atoms with Crippen LogP contribution >= 0.6 is 12.2 Å². The summed E-state index contributed by atoms with van der Waals surface area (Å²) in [5.74, 6) is -0.720. The van der Waals surface area contributed by atoms with Gasteiger partial charge in [0.1, 0.15) is 18.4 Å². The van der Waals surface area contributed by atoms with Crippen LogP contribution in [0.3, 0.4) is 0 Å². The molecule has 31 heavy (non-hydrogen) atoms. The third-order valence-corrected chi connectivity index (χ3v) is 4.77. The van der Waals surface area contributed by atoms with Crippen LogP contribution in [0.15, 0.2) is 24.3 Å². The van der Waals surface area contributed by atoms with Crippen molar-refractivity contribution in [2.45, 2.75) is 32.7 Å². The molecule has 0 saturated carbocycles. The molecule has 1 aromatic rings. The first-order chi connectivity index (χ1) is 15.0. The van der Waals surface area contributed by atoms with Crippen LogP contribution in [-0.2, 0) is 19.1 Å². The molecule has 2 rings (SSSR count). The van der Waals surface area contributed by atoms with E-state index in [-0.39, 0.29) is 24.0 Å². The maximum atomic E-state index is 12.7. The Labute approximate surface area is 187 Å². The van der Waals surface area contributed by atoms with E-state index in [0.717, 1.165) is 6.42 Å². The maximum Gasteiger partial charge on any atom is 0.308 e. The van der Waals surface area contributed by atoms with E-state index in [9.17, 15) is 14.4 Å². The van der Waals surface area contributed by atoms with E-state index in [0.29, 0.717) is 44.2 Å². The van der Waals surface area contributed by atoms with Crippen LogP contribution in [0.2, 0.25) is 0 Å². The van der Waals surface area contributed by atoms with Gasteiger partial charge in [0.2, 0.25) is 5.91 Å². The zero-order valence-corrected chi connectivity index (χ0v) is 18.7. The Kier molecular flexibility index (Phi) is 10.2. The van der Waals surface area contributed by atoms with Crippen molar-refractivity contribution >= 4 is 35.1 Å². The highest BCUT2D eigenvalue weighted by Gasteiger charge is 2.34. The molecular weight excluding hydrogens is 422 g/mol. The minimum Gasteiger partial charge on any atom is -0.494 e. The number of carbonyl (C=O) groups is 3. The van der Waals surface area contributed by atoms with Gasteiger partial charge in [-0.05, 0) is 43.8 Å². The molecule has 1 aliphatic rings. The van der Waals surface area contributed by atoms with Gasteiger partial charge in [0, 0.05) is 25.3 Å². The van der Waals surface area contributed by atoms with Crippen LogP contribution in [0.5, 0.6) is 5.75 Å². The molecule has 1 saturated heterocycles. The lowest BCUT2D eigenvalue weighted by Crippen LogP contribution is -2.60. The minimum absolute atomic E-state index is 0.0758. The van der Waals surface area contributed by atoms with Gasteiger partial charge in [0.05, 0.1) is 19.6 Å². The molecule has 1 aliphatic heterocycles. The van der Waals surface area contributed by atoms with Gasteiger partial charge >= 0.3 is 5.97 Å². The molecule has 1 unspecified atom stereocenters. The van der Waals surface area contributed by atoms with E-state index in [2.05, 4.69) is 10.6 Å². The molecule has 0 aromatic heterocycles. The number of piperazine rings is 1. The normalized spacial score (nSPS) is 15.7. The van der Waals surface area contributed by atoms with Crippen LogP contribution in [0.1, 0.15) is 37.0 Å². The second-order valence-electron chi connectivity index (χ2n) is 6.76. The highest BCUT2D eigenvalue weighted by atomic mass is 32.1. The van der Waals surface area contributed by atoms with E-state index in [4.69, 9.17) is 26.4 Å². The molecule has 0 bridgehead atoms. The standard InChI is InChI=1S/C21H29N3O6S/c1-3-10-29-16-7-5-6-15(13-16)19(26)23-21(31)24-9-8-22-20(27)17(24)14-18(25)30-12-11-28-4-2/h5-7,13,17H,3-4,8-12,14H2,1-2H3,(H,22,27)(H,23,26,31). The van der Waals surface area contributed by atoms with Gasteiger partial charge in [-0.25, -0.2) is 0 Å². The summed E-state index contributed by atoms with van der Waals surface area (Å²) < 4.78 is 15.8. The number of nitrogens with one attached hydrogen (secondary N) is 2. The molecule has 0 spiro atoms. The van der Waals surface area contributed by atoms with E-state index in [1.165, 1.54) is 4.90 Å². The zero-order valence-electron chi connectivity index (χ0n) is 17.8. The Hall–Kier alpha value is -2.72. The number of amides is 2. The van der Waals surface area contributed by atoms with Crippen molar-refractivity contribution < 1.29 is 28.6 Å². The molecule has 1 atom stereocenters. The van der Waals surface area contributed by atoms with Crippen molar-refractivity contribution in [3.05, 3.63) is 29.8 Å². The summed E-state index contributed by atoms with van der Waals surface area (Å²) in [5.41, 5.74) is 0.379. The first-order valence-corrected chi connectivity index (χ1v) is 10.7. The Bertz CT molecular complexity index is 788. The van der Waals surface area contributed by atoms with Gasteiger partial charge in [-0.3, -0.25) is 19.7 Å². The number of carbonyl (C=O) groups excluding carboxylic acids is 3. The number of ether oxygens (including phenoxy) is 3. The highest BCUT2D eigenvalue weighted by Crippen LogP contribution is 2.15. The van der Waals surface area contributed by atoms with Crippen LogP contribution in [-0.4, -0.2) is 73.4 Å². The molecular formula is C21H29N3O6S. The van der Waals surface area contributed by atoms with Gasteiger partial charge in [0.25, 0.3) is 5.91 Å². The fourth-order valence-corrected chi connectivity index (χ4v) is 3.24. The number of rotatable bonds is 10. The van der Waals surface area contributed by atoms with Crippen LogP contribution in [0, 0.1) is 0 Å². The van der Waals surface area contributed by atoms with Gasteiger partial charge in [-0.2, -0.15) is 0 Å². The molecule has 0 radical (unpaired) electrons. The second kappa shape index (κ2) is 12.9. The summed E-state index contributed by atoms with van der Waals surface area (Å²) in [4.78, 5) is 38.7. The highest BCUT2D eigenvalue weighted by molar-refractivity contribution is 7.80. The molecule has 2 N–H and O–H groups in total. The average molecular weight is 452 g/mol. The first kappa shape index (κ1) is 24.5. The van der Waals surface area contributed by atoms with Crippen LogP contribution in [0.4, 0.5) is 0 Å². The maximum absolute atomic E-state index is 12.7. The fraction of sp³-hybridized carbons (Fsp3) is 0.524. The van der Waals surface area contributed by atoms with Gasteiger partial charge < -0.3 is 24.4 Å². The van der Waals surface area contributed by atoms with Crippen molar-refractivity contribution in [3.63, 3.8) is 0 Å². The number of hydrogen-bond donors (Lipinski definition) is 2. The Morgan fingerprint density at radius 1 is 1.26 bits per heavy atom. The van der Waals surface area contributed by atoms with E-state index in [1.54, 1.807) is 24.3 Å². The smallest absolute Gasteiger partial charge is 0.308 e. The van der Waals surface area contributed by atoms with E-state index in [1.807, 2.05) is 13.8 Å². The molecule has 1 aromatic carbocycles. The van der Waals surface area contributed by atoms with Crippen LogP contribution < -0.4 is 15.4 Å². The molecule has 170 valence electrons. The largest absolute Gasteiger partial charge is 0.494 e. The molecule has 1 heterocycles. The summed E-state index contributed by atoms with van der Waals surface area (Å²) in [5, 5.41) is 5.43. The van der Waals surface area contributed by atoms with Crippen molar-refractivity contribution in [2.24, 2.45) is 0 Å². The second-order valence-corrected chi connectivity index (χ2v) is 7.14. The SMILES string of the molecule is CCCOc1cccc(C(=O)NC(=S)N2CCNC(=O)C2CC(=O)OCCOCC)c1. The van der Waals surface area contributed by atoms with Crippen molar-refractivity contribution in [1.29, 1.82) is 0 Å². The van der Waals surface area contributed by atoms with E-state index < -0.39 is 17.9 Å². The van der Waals surface area contributed by atoms with Gasteiger partial charge in [-0.15, -0.1) is 0 Å². The Balaban J connectivity index is 1.98. The van der Waals surface area contributed by atoms with Crippen molar-refractivity contribution in [1.82, 2.24) is 15.5 Å². The number of hydrogen-bond acceptors (Lipinski definition) is 7. The lowest BCUT2D eigenvalue weighted by atomic mass is 10.1.